The maximum Gasteiger partial charge on any atom is 0.389 e. The fourth-order valence-corrected chi connectivity index (χ4v) is 1.84. The lowest BCUT2D eigenvalue weighted by Gasteiger charge is -2.18. The van der Waals surface area contributed by atoms with Crippen LogP contribution in [0.5, 0.6) is 5.75 Å². The number of nitrogens with two attached hydrogens (primary N) is 1. The minimum Gasteiger partial charge on any atom is -0.493 e. The van der Waals surface area contributed by atoms with Crippen LogP contribution in [0.15, 0.2) is 6.20 Å². The van der Waals surface area contributed by atoms with Gasteiger partial charge in [-0.1, -0.05) is 0 Å². The Bertz CT molecular complexity index is 417. The van der Waals surface area contributed by atoms with Crippen molar-refractivity contribution in [2.75, 3.05) is 27.7 Å². The van der Waals surface area contributed by atoms with Crippen LogP contribution in [-0.4, -0.2) is 48.6 Å². The van der Waals surface area contributed by atoms with E-state index in [1.54, 1.807) is 4.68 Å². The number of ether oxygens (including phenoxy) is 1. The first-order valence-electron chi connectivity index (χ1n) is 6.31. The predicted molar refractivity (Wildman–Crippen MR) is 69.6 cm³/mol. The molecular weight excluding hydrogens is 273 g/mol. The van der Waals surface area contributed by atoms with Crippen molar-refractivity contribution < 1.29 is 17.9 Å². The Morgan fingerprint density at radius 3 is 2.60 bits per heavy atom. The van der Waals surface area contributed by atoms with Gasteiger partial charge >= 0.3 is 6.18 Å². The molecule has 0 radical (unpaired) electrons. The molecular formula is C12H21F3N4O. The second-order valence-corrected chi connectivity index (χ2v) is 4.88. The molecule has 0 saturated carbocycles. The number of hydrogen-bond donors (Lipinski definition) is 1. The number of alkyl halides is 3. The van der Waals surface area contributed by atoms with Crippen LogP contribution in [0.1, 0.15) is 24.6 Å². The number of nitrogens with zero attached hydrogens (tertiary/aromatic N) is 3. The monoisotopic (exact) mass is 294 g/mol. The van der Waals surface area contributed by atoms with E-state index in [4.69, 9.17) is 10.5 Å². The van der Waals surface area contributed by atoms with E-state index in [9.17, 15) is 13.2 Å². The van der Waals surface area contributed by atoms with Gasteiger partial charge in [-0.15, -0.1) is 0 Å². The molecule has 0 aliphatic heterocycles. The second-order valence-electron chi connectivity index (χ2n) is 4.88. The average molecular weight is 294 g/mol. The molecule has 8 heteroatoms. The maximum absolute atomic E-state index is 12.3. The molecule has 1 heterocycles. The summed E-state index contributed by atoms with van der Waals surface area (Å²) in [7, 11) is 5.27. The van der Waals surface area contributed by atoms with Gasteiger partial charge in [-0.3, -0.25) is 4.68 Å². The molecule has 0 bridgehead atoms. The van der Waals surface area contributed by atoms with Crippen molar-refractivity contribution in [2.45, 2.75) is 31.6 Å². The van der Waals surface area contributed by atoms with Crippen LogP contribution in [0.25, 0.3) is 0 Å². The Balaban J connectivity index is 2.81. The molecule has 116 valence electrons. The molecule has 1 aromatic heterocycles. The third-order valence-corrected chi connectivity index (χ3v) is 2.91. The fourth-order valence-electron chi connectivity index (χ4n) is 1.84. The first kappa shape index (κ1) is 16.8. The Morgan fingerprint density at radius 1 is 1.45 bits per heavy atom. The van der Waals surface area contributed by atoms with Gasteiger partial charge < -0.3 is 15.4 Å². The van der Waals surface area contributed by atoms with E-state index in [1.165, 1.54) is 13.3 Å². The molecule has 0 fully saturated rings. The lowest BCUT2D eigenvalue weighted by Crippen LogP contribution is -2.24. The maximum atomic E-state index is 12.3. The van der Waals surface area contributed by atoms with Crippen molar-refractivity contribution in [3.05, 3.63) is 11.9 Å². The number of methoxy groups -OCH3 is 1. The van der Waals surface area contributed by atoms with Crippen LogP contribution < -0.4 is 10.5 Å². The van der Waals surface area contributed by atoms with Gasteiger partial charge in [0.1, 0.15) is 0 Å². The van der Waals surface area contributed by atoms with E-state index in [0.29, 0.717) is 24.5 Å². The van der Waals surface area contributed by atoms with Gasteiger partial charge in [-0.25, -0.2) is 0 Å². The number of rotatable bonds is 7. The highest BCUT2D eigenvalue weighted by atomic mass is 19.4. The topological polar surface area (TPSA) is 56.3 Å². The lowest BCUT2D eigenvalue weighted by molar-refractivity contribution is -0.136. The first-order chi connectivity index (χ1) is 9.24. The summed E-state index contributed by atoms with van der Waals surface area (Å²) in [5.41, 5.74) is 6.39. The molecule has 5 nitrogen and oxygen atoms in total. The number of aromatic nitrogens is 2. The number of likely N-dealkylation sites (N-methyl/N-ethyl adjacent to an activating group) is 1. The molecule has 0 aliphatic rings. The minimum absolute atomic E-state index is 0.187. The van der Waals surface area contributed by atoms with E-state index in [2.05, 4.69) is 5.10 Å². The largest absolute Gasteiger partial charge is 0.493 e. The summed E-state index contributed by atoms with van der Waals surface area (Å²) < 4.78 is 43.6. The molecule has 2 N–H and O–H groups in total. The molecule has 0 amide bonds. The van der Waals surface area contributed by atoms with Crippen molar-refractivity contribution in [1.82, 2.24) is 14.7 Å². The zero-order valence-corrected chi connectivity index (χ0v) is 11.9. The summed E-state index contributed by atoms with van der Waals surface area (Å²) in [6, 6.07) is -0.753. The molecule has 0 spiro atoms. The van der Waals surface area contributed by atoms with Gasteiger partial charge in [-0.2, -0.15) is 18.3 Å². The molecule has 1 atom stereocenters. The minimum atomic E-state index is -4.21. The second kappa shape index (κ2) is 6.94. The van der Waals surface area contributed by atoms with Gasteiger partial charge in [0.25, 0.3) is 0 Å². The molecule has 0 saturated heterocycles. The Kier molecular flexibility index (Phi) is 5.82. The molecule has 20 heavy (non-hydrogen) atoms. The fraction of sp³-hybridized carbons (Fsp3) is 0.750. The van der Waals surface area contributed by atoms with Crippen LogP contribution in [0.3, 0.4) is 0 Å². The first-order valence-corrected chi connectivity index (χ1v) is 6.31. The summed E-state index contributed by atoms with van der Waals surface area (Å²) in [4.78, 5) is 1.96. The summed E-state index contributed by atoms with van der Waals surface area (Å²) in [5.74, 6) is 0.429. The average Bonchev–Trinajstić information content (AvgIpc) is 2.75. The molecule has 1 aromatic rings. The highest BCUT2D eigenvalue weighted by molar-refractivity contribution is 5.28. The highest BCUT2D eigenvalue weighted by Crippen LogP contribution is 2.30. The Hall–Kier alpha value is -1.28. The number of halogens is 3. The third-order valence-electron chi connectivity index (χ3n) is 2.91. The third kappa shape index (κ3) is 5.01. The van der Waals surface area contributed by atoms with Gasteiger partial charge in [0.2, 0.25) is 0 Å². The summed E-state index contributed by atoms with van der Waals surface area (Å²) in [5, 5.41) is 4.13. The Morgan fingerprint density at radius 2 is 2.10 bits per heavy atom. The van der Waals surface area contributed by atoms with Gasteiger partial charge in [0.15, 0.2) is 5.75 Å². The van der Waals surface area contributed by atoms with Crippen LogP contribution in [0, 0.1) is 0 Å². The predicted octanol–water partition coefficient (Wildman–Crippen LogP) is 1.80. The summed E-state index contributed by atoms with van der Waals surface area (Å²) >= 11 is 0. The summed E-state index contributed by atoms with van der Waals surface area (Å²) in [6.45, 7) is 1.26. The van der Waals surface area contributed by atoms with Crippen molar-refractivity contribution in [1.29, 1.82) is 0 Å². The molecule has 0 aliphatic carbocycles. The SMILES string of the molecule is COc1cnn(CCN(C)C)c1C(N)CCC(F)(F)F. The van der Waals surface area contributed by atoms with E-state index in [0.717, 1.165) is 0 Å². The van der Waals surface area contributed by atoms with Crippen molar-refractivity contribution >= 4 is 0 Å². The van der Waals surface area contributed by atoms with E-state index in [1.807, 2.05) is 19.0 Å². The van der Waals surface area contributed by atoms with E-state index < -0.39 is 18.6 Å². The van der Waals surface area contributed by atoms with Crippen LogP contribution in [0.2, 0.25) is 0 Å². The van der Waals surface area contributed by atoms with Crippen LogP contribution >= 0.6 is 0 Å². The van der Waals surface area contributed by atoms with Crippen LogP contribution in [-0.2, 0) is 6.54 Å². The van der Waals surface area contributed by atoms with Crippen LogP contribution in [0.4, 0.5) is 13.2 Å². The molecule has 0 aromatic carbocycles. The Labute approximate surface area is 116 Å². The normalized spacial score (nSPS) is 13.8. The van der Waals surface area contributed by atoms with E-state index in [-0.39, 0.29) is 6.42 Å². The molecule has 1 unspecified atom stereocenters. The van der Waals surface area contributed by atoms with E-state index >= 15 is 0 Å². The standard InChI is InChI=1S/C12H21F3N4O/c1-18(2)6-7-19-11(10(20-3)8-17-19)9(16)4-5-12(13,14)15/h8-9H,4-7,16H2,1-3H3. The number of hydrogen-bond acceptors (Lipinski definition) is 4. The summed E-state index contributed by atoms with van der Waals surface area (Å²) in [6.07, 6.45) is -3.83. The quantitative estimate of drug-likeness (QED) is 0.833. The van der Waals surface area contributed by atoms with Crippen molar-refractivity contribution in [3.8, 4) is 5.75 Å². The van der Waals surface area contributed by atoms with Crippen molar-refractivity contribution in [3.63, 3.8) is 0 Å². The zero-order chi connectivity index (χ0) is 15.3. The highest BCUT2D eigenvalue weighted by Gasteiger charge is 2.29. The van der Waals surface area contributed by atoms with Gasteiger partial charge in [0, 0.05) is 13.0 Å². The smallest absolute Gasteiger partial charge is 0.389 e. The van der Waals surface area contributed by atoms with Gasteiger partial charge in [-0.05, 0) is 20.5 Å². The van der Waals surface area contributed by atoms with Crippen molar-refractivity contribution in [2.24, 2.45) is 5.73 Å². The zero-order valence-electron chi connectivity index (χ0n) is 11.9. The molecule has 1 rings (SSSR count). The lowest BCUT2D eigenvalue weighted by atomic mass is 10.1. The van der Waals surface area contributed by atoms with Gasteiger partial charge in [0.05, 0.1) is 31.6 Å².